The molecular formula is C16H19ClN2O5S. The molecule has 3 N–H and O–H groups in total. The summed E-state index contributed by atoms with van der Waals surface area (Å²) < 4.78 is 24.4. The zero-order chi connectivity index (χ0) is 18.7. The van der Waals surface area contributed by atoms with E-state index in [2.05, 4.69) is 5.32 Å². The molecule has 136 valence electrons. The summed E-state index contributed by atoms with van der Waals surface area (Å²) in [5.41, 5.74) is -0.730. The van der Waals surface area contributed by atoms with Crippen LogP contribution < -0.4 is 5.32 Å². The fraction of sp³-hybridized carbons (Fsp3) is 0.500. The summed E-state index contributed by atoms with van der Waals surface area (Å²) in [6.45, 7) is 0. The van der Waals surface area contributed by atoms with E-state index in [-0.39, 0.29) is 9.92 Å². The Morgan fingerprint density at radius 1 is 1.32 bits per heavy atom. The van der Waals surface area contributed by atoms with Crippen molar-refractivity contribution in [3.05, 3.63) is 29.3 Å². The molecule has 1 aromatic rings. The largest absolute Gasteiger partial charge is 0.465 e. The van der Waals surface area contributed by atoms with Crippen LogP contribution in [0.15, 0.2) is 29.2 Å². The normalized spacial score (nSPS) is 23.7. The lowest BCUT2D eigenvalue weighted by Crippen LogP contribution is -2.33. The van der Waals surface area contributed by atoms with Gasteiger partial charge in [0, 0.05) is 0 Å². The molecule has 1 aromatic carbocycles. The summed E-state index contributed by atoms with van der Waals surface area (Å²) >= 11 is 5.88. The Morgan fingerprint density at radius 3 is 2.36 bits per heavy atom. The number of aliphatic hydroxyl groups is 1. The SMILES string of the molecule is N#CC1(NC(=O)O)CC1.O=S(=O)(c1ccccc1Cl)[C@H]1CC[C@@H](O)C1. The zero-order valence-electron chi connectivity index (χ0n) is 13.4. The van der Waals surface area contributed by atoms with Crippen LogP contribution in [0, 0.1) is 11.3 Å². The van der Waals surface area contributed by atoms with Crippen molar-refractivity contribution in [2.24, 2.45) is 0 Å². The van der Waals surface area contributed by atoms with Gasteiger partial charge in [-0.3, -0.25) is 0 Å². The van der Waals surface area contributed by atoms with Crippen LogP contribution in [0.4, 0.5) is 4.79 Å². The van der Waals surface area contributed by atoms with E-state index in [4.69, 9.17) is 22.0 Å². The molecule has 0 radical (unpaired) electrons. The molecule has 7 nitrogen and oxygen atoms in total. The molecule has 0 aromatic heterocycles. The van der Waals surface area contributed by atoms with Crippen molar-refractivity contribution in [3.8, 4) is 6.07 Å². The van der Waals surface area contributed by atoms with Gasteiger partial charge in [0.25, 0.3) is 0 Å². The third-order valence-electron chi connectivity index (χ3n) is 4.25. The van der Waals surface area contributed by atoms with E-state index >= 15 is 0 Å². The molecule has 3 rings (SSSR count). The lowest BCUT2D eigenvalue weighted by molar-refractivity contribution is 0.183. The van der Waals surface area contributed by atoms with Crippen LogP contribution in [0.25, 0.3) is 0 Å². The van der Waals surface area contributed by atoms with Crippen molar-refractivity contribution < 1.29 is 23.4 Å². The number of nitriles is 1. The second-order valence-corrected chi connectivity index (χ2v) is 8.79. The number of benzene rings is 1. The van der Waals surface area contributed by atoms with E-state index in [9.17, 15) is 18.3 Å². The first-order chi connectivity index (χ1) is 11.7. The number of amides is 1. The number of sulfone groups is 1. The first kappa shape index (κ1) is 19.5. The number of hydrogen-bond acceptors (Lipinski definition) is 5. The van der Waals surface area contributed by atoms with Crippen LogP contribution in [0.1, 0.15) is 32.1 Å². The van der Waals surface area contributed by atoms with Crippen LogP contribution in [0.2, 0.25) is 5.02 Å². The number of nitrogens with zero attached hydrogens (tertiary/aromatic N) is 1. The molecule has 1 amide bonds. The van der Waals surface area contributed by atoms with Gasteiger partial charge in [-0.25, -0.2) is 13.2 Å². The summed E-state index contributed by atoms with van der Waals surface area (Å²) in [6, 6.07) is 8.33. The van der Waals surface area contributed by atoms with Gasteiger partial charge in [0.15, 0.2) is 9.84 Å². The van der Waals surface area contributed by atoms with Gasteiger partial charge in [0.1, 0.15) is 5.54 Å². The van der Waals surface area contributed by atoms with E-state index in [1.807, 2.05) is 6.07 Å². The van der Waals surface area contributed by atoms with Crippen LogP contribution in [0.3, 0.4) is 0 Å². The molecule has 25 heavy (non-hydrogen) atoms. The third-order valence-corrected chi connectivity index (χ3v) is 6.97. The molecular weight excluding hydrogens is 368 g/mol. The van der Waals surface area contributed by atoms with Gasteiger partial charge in [-0.1, -0.05) is 23.7 Å². The lowest BCUT2D eigenvalue weighted by atomic mass is 10.3. The molecule has 2 fully saturated rings. The molecule has 2 atom stereocenters. The minimum Gasteiger partial charge on any atom is -0.465 e. The lowest BCUT2D eigenvalue weighted by Gasteiger charge is -2.12. The summed E-state index contributed by atoms with van der Waals surface area (Å²) in [6.07, 6.45) is 1.05. The molecule has 0 aliphatic heterocycles. The molecule has 0 unspecified atom stereocenters. The Bertz CT molecular complexity index is 786. The Morgan fingerprint density at radius 2 is 1.96 bits per heavy atom. The standard InChI is InChI=1S/C11H13ClO3S.C5H6N2O2/c12-10-3-1-2-4-11(10)16(14,15)9-6-5-8(13)7-9;6-3-5(1-2-5)7-4(8)9/h1-4,8-9,13H,5-7H2;7H,1-2H2,(H,8,9)/t8-,9+;/m1./s1. The first-order valence-corrected chi connectivity index (χ1v) is 9.71. The van der Waals surface area contributed by atoms with Gasteiger partial charge in [-0.2, -0.15) is 5.26 Å². The highest BCUT2D eigenvalue weighted by Gasteiger charge is 2.44. The number of rotatable bonds is 3. The molecule has 0 spiro atoms. The Labute approximate surface area is 151 Å². The predicted molar refractivity (Wildman–Crippen MR) is 91.0 cm³/mol. The number of hydrogen-bond donors (Lipinski definition) is 3. The van der Waals surface area contributed by atoms with Crippen molar-refractivity contribution in [3.63, 3.8) is 0 Å². The van der Waals surface area contributed by atoms with Crippen LogP contribution in [0.5, 0.6) is 0 Å². The Balaban J connectivity index is 0.000000212. The number of aliphatic hydroxyl groups excluding tert-OH is 1. The number of carboxylic acid groups (broad SMARTS) is 1. The van der Waals surface area contributed by atoms with Gasteiger partial charge >= 0.3 is 6.09 Å². The quantitative estimate of drug-likeness (QED) is 0.731. The van der Waals surface area contributed by atoms with Crippen molar-refractivity contribution in [1.82, 2.24) is 5.32 Å². The molecule has 0 bridgehead atoms. The minimum atomic E-state index is -3.39. The highest BCUT2D eigenvalue weighted by molar-refractivity contribution is 7.92. The summed E-state index contributed by atoms with van der Waals surface area (Å²) in [5, 5.41) is 27.8. The number of nitrogens with one attached hydrogen (secondary N) is 1. The van der Waals surface area contributed by atoms with E-state index in [1.54, 1.807) is 18.2 Å². The van der Waals surface area contributed by atoms with Gasteiger partial charge in [0.05, 0.1) is 27.3 Å². The van der Waals surface area contributed by atoms with Crippen LogP contribution in [-0.2, 0) is 9.84 Å². The summed E-state index contributed by atoms with van der Waals surface area (Å²) in [5.74, 6) is 0. The molecule has 9 heteroatoms. The highest BCUT2D eigenvalue weighted by atomic mass is 35.5. The van der Waals surface area contributed by atoms with Crippen molar-refractivity contribution in [1.29, 1.82) is 5.26 Å². The predicted octanol–water partition coefficient (Wildman–Crippen LogP) is 2.34. The fourth-order valence-corrected chi connectivity index (χ4v) is 5.00. The molecule has 0 heterocycles. The Hall–Kier alpha value is -1.82. The smallest absolute Gasteiger partial charge is 0.405 e. The van der Waals surface area contributed by atoms with Crippen molar-refractivity contribution in [2.75, 3.05) is 0 Å². The third kappa shape index (κ3) is 4.84. The molecule has 2 aliphatic carbocycles. The first-order valence-electron chi connectivity index (χ1n) is 7.79. The van der Waals surface area contributed by atoms with Gasteiger partial charge in [-0.05, 0) is 44.2 Å². The van der Waals surface area contributed by atoms with E-state index in [1.165, 1.54) is 6.07 Å². The summed E-state index contributed by atoms with van der Waals surface area (Å²) in [7, 11) is -3.39. The number of halogens is 1. The second kappa shape index (κ2) is 7.60. The average molecular weight is 387 g/mol. The summed E-state index contributed by atoms with van der Waals surface area (Å²) in [4.78, 5) is 10.1. The van der Waals surface area contributed by atoms with Gasteiger partial charge in [0.2, 0.25) is 0 Å². The van der Waals surface area contributed by atoms with Gasteiger partial charge in [-0.15, -0.1) is 0 Å². The minimum absolute atomic E-state index is 0.177. The maximum Gasteiger partial charge on any atom is 0.405 e. The van der Waals surface area contributed by atoms with Crippen molar-refractivity contribution in [2.45, 2.75) is 53.9 Å². The number of carbonyl (C=O) groups is 1. The second-order valence-electron chi connectivity index (χ2n) is 6.19. The van der Waals surface area contributed by atoms with Crippen LogP contribution >= 0.6 is 11.6 Å². The van der Waals surface area contributed by atoms with Crippen molar-refractivity contribution >= 4 is 27.5 Å². The Kier molecular flexibility index (Phi) is 5.93. The zero-order valence-corrected chi connectivity index (χ0v) is 14.9. The monoisotopic (exact) mass is 386 g/mol. The van der Waals surface area contributed by atoms with Crippen LogP contribution in [-0.4, -0.2) is 41.6 Å². The van der Waals surface area contributed by atoms with E-state index < -0.39 is 32.8 Å². The van der Waals surface area contributed by atoms with Gasteiger partial charge < -0.3 is 15.5 Å². The molecule has 2 aliphatic rings. The topological polar surface area (TPSA) is 127 Å². The maximum atomic E-state index is 12.2. The highest BCUT2D eigenvalue weighted by Crippen LogP contribution is 2.34. The van der Waals surface area contributed by atoms with E-state index in [0.29, 0.717) is 32.1 Å². The maximum absolute atomic E-state index is 12.2. The molecule has 2 saturated carbocycles. The average Bonchev–Trinajstić information content (AvgIpc) is 3.17. The van der Waals surface area contributed by atoms with E-state index in [0.717, 1.165) is 0 Å². The molecule has 0 saturated heterocycles. The fourth-order valence-electron chi connectivity index (χ4n) is 2.65.